The van der Waals surface area contributed by atoms with Crippen molar-refractivity contribution in [2.24, 2.45) is 0 Å². The number of benzene rings is 1. The summed E-state index contributed by atoms with van der Waals surface area (Å²) >= 11 is 0. The van der Waals surface area contributed by atoms with E-state index in [0.29, 0.717) is 6.61 Å². The minimum atomic E-state index is -0.407. The van der Waals surface area contributed by atoms with E-state index in [1.54, 1.807) is 6.92 Å². The second-order valence-electron chi connectivity index (χ2n) is 2.47. The molecule has 0 fully saturated rings. The first-order valence-corrected chi connectivity index (χ1v) is 4.65. The lowest BCUT2D eigenvalue weighted by molar-refractivity contribution is 0.123. The molecular weight excluding hydrogens is 164 g/mol. The Hall–Kier alpha value is -1.02. The summed E-state index contributed by atoms with van der Waals surface area (Å²) in [4.78, 5) is 0. The van der Waals surface area contributed by atoms with Crippen LogP contribution in [-0.4, -0.2) is 17.8 Å². The summed E-state index contributed by atoms with van der Waals surface area (Å²) in [5, 5.41) is 8.89. The molecule has 0 aromatic heterocycles. The summed E-state index contributed by atoms with van der Waals surface area (Å²) in [6, 6.07) is 9.45. The SMILES string of the molecule is CC.CC(O)COc1ccccc1. The van der Waals surface area contributed by atoms with Gasteiger partial charge < -0.3 is 9.84 Å². The van der Waals surface area contributed by atoms with Crippen LogP contribution in [0.25, 0.3) is 0 Å². The maximum absolute atomic E-state index is 8.89. The van der Waals surface area contributed by atoms with Crippen molar-refractivity contribution < 1.29 is 9.84 Å². The van der Waals surface area contributed by atoms with E-state index in [0.717, 1.165) is 5.75 Å². The molecule has 0 saturated heterocycles. The minimum absolute atomic E-state index is 0.351. The Labute approximate surface area is 80.2 Å². The molecule has 13 heavy (non-hydrogen) atoms. The fourth-order valence-corrected chi connectivity index (χ4v) is 0.734. The molecule has 1 atom stereocenters. The van der Waals surface area contributed by atoms with Crippen LogP contribution in [-0.2, 0) is 0 Å². The Morgan fingerprint density at radius 3 is 2.23 bits per heavy atom. The summed E-state index contributed by atoms with van der Waals surface area (Å²) in [7, 11) is 0. The van der Waals surface area contributed by atoms with Gasteiger partial charge in [-0.3, -0.25) is 0 Å². The summed E-state index contributed by atoms with van der Waals surface area (Å²) in [6.45, 7) is 6.05. The Bertz CT molecular complexity index is 195. The molecule has 1 aromatic rings. The van der Waals surface area contributed by atoms with E-state index in [1.165, 1.54) is 0 Å². The standard InChI is InChI=1S/C9H12O2.C2H6/c1-8(10)7-11-9-5-3-2-4-6-9;1-2/h2-6,8,10H,7H2,1H3;1-2H3. The average Bonchev–Trinajstić information content (AvgIpc) is 2.19. The van der Waals surface area contributed by atoms with E-state index < -0.39 is 6.10 Å². The zero-order chi connectivity index (χ0) is 10.1. The molecule has 0 amide bonds. The molecular formula is C11H18O2. The molecule has 1 rings (SSSR count). The second-order valence-corrected chi connectivity index (χ2v) is 2.47. The molecule has 2 heteroatoms. The van der Waals surface area contributed by atoms with Crippen molar-refractivity contribution >= 4 is 0 Å². The first-order chi connectivity index (χ1) is 6.29. The minimum Gasteiger partial charge on any atom is -0.491 e. The predicted molar refractivity (Wildman–Crippen MR) is 55.0 cm³/mol. The zero-order valence-corrected chi connectivity index (χ0v) is 8.53. The van der Waals surface area contributed by atoms with E-state index in [4.69, 9.17) is 9.84 Å². The lowest BCUT2D eigenvalue weighted by atomic mass is 10.3. The van der Waals surface area contributed by atoms with Crippen molar-refractivity contribution in [3.63, 3.8) is 0 Å². The van der Waals surface area contributed by atoms with Crippen molar-refractivity contribution in [2.75, 3.05) is 6.61 Å². The van der Waals surface area contributed by atoms with Crippen molar-refractivity contribution in [1.29, 1.82) is 0 Å². The van der Waals surface area contributed by atoms with E-state index in [9.17, 15) is 0 Å². The van der Waals surface area contributed by atoms with Crippen molar-refractivity contribution in [1.82, 2.24) is 0 Å². The summed E-state index contributed by atoms with van der Waals surface area (Å²) in [6.07, 6.45) is -0.407. The van der Waals surface area contributed by atoms with Gasteiger partial charge in [0.1, 0.15) is 12.4 Å². The third-order valence-electron chi connectivity index (χ3n) is 1.23. The molecule has 0 heterocycles. The number of aliphatic hydroxyl groups is 1. The number of hydrogen-bond acceptors (Lipinski definition) is 2. The Kier molecular flexibility index (Phi) is 7.02. The third kappa shape index (κ3) is 6.17. The van der Waals surface area contributed by atoms with Crippen LogP contribution in [0.15, 0.2) is 30.3 Å². The molecule has 0 radical (unpaired) electrons. The lowest BCUT2D eigenvalue weighted by Crippen LogP contribution is -2.12. The zero-order valence-electron chi connectivity index (χ0n) is 8.53. The Balaban J connectivity index is 0.000000671. The summed E-state index contributed by atoms with van der Waals surface area (Å²) in [5.74, 6) is 0.799. The molecule has 2 nitrogen and oxygen atoms in total. The van der Waals surface area contributed by atoms with Gasteiger partial charge in [0.2, 0.25) is 0 Å². The van der Waals surface area contributed by atoms with E-state index >= 15 is 0 Å². The topological polar surface area (TPSA) is 29.5 Å². The molecule has 0 aliphatic rings. The molecule has 0 aliphatic heterocycles. The third-order valence-corrected chi connectivity index (χ3v) is 1.23. The van der Waals surface area contributed by atoms with Crippen LogP contribution in [0.4, 0.5) is 0 Å². The van der Waals surface area contributed by atoms with Crippen LogP contribution in [0.3, 0.4) is 0 Å². The van der Waals surface area contributed by atoms with Crippen LogP contribution >= 0.6 is 0 Å². The Morgan fingerprint density at radius 2 is 1.77 bits per heavy atom. The van der Waals surface area contributed by atoms with Gasteiger partial charge in [0.25, 0.3) is 0 Å². The molecule has 0 aliphatic carbocycles. The van der Waals surface area contributed by atoms with Gasteiger partial charge in [-0.1, -0.05) is 32.0 Å². The van der Waals surface area contributed by atoms with Gasteiger partial charge in [-0.2, -0.15) is 0 Å². The molecule has 0 saturated carbocycles. The summed E-state index contributed by atoms with van der Waals surface area (Å²) in [5.41, 5.74) is 0. The van der Waals surface area contributed by atoms with Crippen LogP contribution in [0.1, 0.15) is 20.8 Å². The van der Waals surface area contributed by atoms with Crippen LogP contribution < -0.4 is 4.74 Å². The molecule has 0 spiro atoms. The Morgan fingerprint density at radius 1 is 1.23 bits per heavy atom. The smallest absolute Gasteiger partial charge is 0.119 e. The maximum Gasteiger partial charge on any atom is 0.119 e. The van der Waals surface area contributed by atoms with E-state index in [-0.39, 0.29) is 0 Å². The van der Waals surface area contributed by atoms with Gasteiger partial charge in [-0.25, -0.2) is 0 Å². The highest BCUT2D eigenvalue weighted by molar-refractivity contribution is 5.20. The largest absolute Gasteiger partial charge is 0.491 e. The predicted octanol–water partition coefficient (Wildman–Crippen LogP) is 2.47. The number of ether oxygens (including phenoxy) is 1. The highest BCUT2D eigenvalue weighted by Gasteiger charge is 1.95. The van der Waals surface area contributed by atoms with Crippen LogP contribution in [0.2, 0.25) is 0 Å². The number of hydrogen-bond donors (Lipinski definition) is 1. The molecule has 74 valence electrons. The van der Waals surface area contributed by atoms with Gasteiger partial charge in [-0.05, 0) is 19.1 Å². The van der Waals surface area contributed by atoms with Gasteiger partial charge >= 0.3 is 0 Å². The summed E-state index contributed by atoms with van der Waals surface area (Å²) < 4.78 is 5.22. The molecule has 1 unspecified atom stereocenters. The van der Waals surface area contributed by atoms with Crippen LogP contribution in [0.5, 0.6) is 5.75 Å². The van der Waals surface area contributed by atoms with Gasteiger partial charge in [0, 0.05) is 0 Å². The van der Waals surface area contributed by atoms with Gasteiger partial charge in [-0.15, -0.1) is 0 Å². The average molecular weight is 182 g/mol. The number of para-hydroxylation sites is 1. The maximum atomic E-state index is 8.89. The highest BCUT2D eigenvalue weighted by Crippen LogP contribution is 2.07. The molecule has 1 aromatic carbocycles. The van der Waals surface area contributed by atoms with Crippen LogP contribution in [0, 0.1) is 0 Å². The normalized spacial score (nSPS) is 11.1. The van der Waals surface area contributed by atoms with Gasteiger partial charge in [0.15, 0.2) is 0 Å². The van der Waals surface area contributed by atoms with E-state index in [1.807, 2.05) is 44.2 Å². The first kappa shape index (κ1) is 12.0. The number of rotatable bonds is 3. The van der Waals surface area contributed by atoms with Crippen molar-refractivity contribution in [2.45, 2.75) is 26.9 Å². The van der Waals surface area contributed by atoms with Crippen molar-refractivity contribution in [3.05, 3.63) is 30.3 Å². The quantitative estimate of drug-likeness (QED) is 0.778. The van der Waals surface area contributed by atoms with Gasteiger partial charge in [0.05, 0.1) is 6.10 Å². The van der Waals surface area contributed by atoms with Crippen molar-refractivity contribution in [3.8, 4) is 5.75 Å². The number of aliphatic hydroxyl groups excluding tert-OH is 1. The van der Waals surface area contributed by atoms with E-state index in [2.05, 4.69) is 0 Å². The highest BCUT2D eigenvalue weighted by atomic mass is 16.5. The molecule has 1 N–H and O–H groups in total. The lowest BCUT2D eigenvalue weighted by Gasteiger charge is -2.06. The second kappa shape index (κ2) is 7.62. The fourth-order valence-electron chi connectivity index (χ4n) is 0.734. The molecule has 0 bridgehead atoms. The fraction of sp³-hybridized carbons (Fsp3) is 0.455. The monoisotopic (exact) mass is 182 g/mol. The first-order valence-electron chi connectivity index (χ1n) is 4.65.